The third kappa shape index (κ3) is 3.44. The molecule has 0 saturated heterocycles. The van der Waals surface area contributed by atoms with Gasteiger partial charge in [-0.05, 0) is 24.7 Å². The Morgan fingerprint density at radius 2 is 2.26 bits per heavy atom. The molecule has 0 aromatic carbocycles. The lowest BCUT2D eigenvalue weighted by atomic mass is 10.1. The van der Waals surface area contributed by atoms with Crippen LogP contribution in [0.15, 0.2) is 10.3 Å². The van der Waals surface area contributed by atoms with Crippen molar-refractivity contribution in [2.24, 2.45) is 11.8 Å². The van der Waals surface area contributed by atoms with Gasteiger partial charge < -0.3 is 0 Å². The van der Waals surface area contributed by atoms with E-state index in [9.17, 15) is 18.5 Å². The van der Waals surface area contributed by atoms with Crippen molar-refractivity contribution in [3.63, 3.8) is 0 Å². The number of hydrogen-bond acceptors (Lipinski definition) is 5. The number of sulfonamides is 1. The summed E-state index contributed by atoms with van der Waals surface area (Å²) in [4.78, 5) is 9.95. The quantitative estimate of drug-likeness (QED) is 0.643. The van der Waals surface area contributed by atoms with E-state index in [1.807, 2.05) is 6.92 Å². The smallest absolute Gasteiger partial charge is 0.258 e. The van der Waals surface area contributed by atoms with Gasteiger partial charge in [-0.3, -0.25) is 10.1 Å². The van der Waals surface area contributed by atoms with Gasteiger partial charge in [0, 0.05) is 12.6 Å². The number of rotatable bonds is 6. The van der Waals surface area contributed by atoms with E-state index in [2.05, 4.69) is 4.72 Å². The van der Waals surface area contributed by atoms with E-state index in [-0.39, 0.29) is 20.2 Å². The molecule has 0 radical (unpaired) electrons. The minimum atomic E-state index is -3.72. The lowest BCUT2D eigenvalue weighted by Gasteiger charge is -2.10. The first kappa shape index (κ1) is 14.7. The second-order valence-corrected chi connectivity index (χ2v) is 8.30. The molecule has 106 valence electrons. The number of nitro groups is 1. The zero-order chi connectivity index (χ0) is 14.2. The van der Waals surface area contributed by atoms with Crippen molar-refractivity contribution < 1.29 is 13.3 Å². The minimum absolute atomic E-state index is 0.118. The van der Waals surface area contributed by atoms with E-state index < -0.39 is 14.9 Å². The maximum Gasteiger partial charge on any atom is 0.300 e. The topological polar surface area (TPSA) is 89.3 Å². The van der Waals surface area contributed by atoms with Crippen molar-refractivity contribution >= 4 is 38.6 Å². The monoisotopic (exact) mass is 324 g/mol. The third-order valence-electron chi connectivity index (χ3n) is 3.13. The summed E-state index contributed by atoms with van der Waals surface area (Å²) in [7, 11) is -3.72. The van der Waals surface area contributed by atoms with Crippen LogP contribution in [0.2, 0.25) is 4.34 Å². The van der Waals surface area contributed by atoms with Crippen LogP contribution in [0.25, 0.3) is 0 Å². The predicted octanol–water partition coefficient (Wildman–Crippen LogP) is 2.63. The fourth-order valence-corrected chi connectivity index (χ4v) is 4.59. The first-order chi connectivity index (χ1) is 8.81. The van der Waals surface area contributed by atoms with Crippen molar-refractivity contribution in [2.45, 2.75) is 24.0 Å². The molecule has 19 heavy (non-hydrogen) atoms. The van der Waals surface area contributed by atoms with Gasteiger partial charge in [0.1, 0.15) is 4.21 Å². The Balaban J connectivity index is 2.10. The van der Waals surface area contributed by atoms with E-state index in [4.69, 9.17) is 11.6 Å². The Hall–Kier alpha value is -0.700. The molecule has 9 heteroatoms. The molecular formula is C10H13ClN2O4S2. The lowest BCUT2D eigenvalue weighted by molar-refractivity contribution is -0.384. The zero-order valence-corrected chi connectivity index (χ0v) is 12.5. The van der Waals surface area contributed by atoms with Crippen LogP contribution in [0.4, 0.5) is 5.69 Å². The number of halogens is 1. The van der Waals surface area contributed by atoms with Gasteiger partial charge in [0.2, 0.25) is 10.0 Å². The van der Waals surface area contributed by atoms with Crippen molar-refractivity contribution in [2.75, 3.05) is 6.54 Å². The Kier molecular flexibility index (Phi) is 4.14. The third-order valence-corrected chi connectivity index (χ3v) is 6.36. The van der Waals surface area contributed by atoms with Crippen LogP contribution in [0.1, 0.15) is 19.8 Å². The molecule has 0 amide bonds. The summed E-state index contributed by atoms with van der Waals surface area (Å²) in [5, 5.41) is 10.6. The van der Waals surface area contributed by atoms with Crippen LogP contribution >= 0.6 is 22.9 Å². The maximum atomic E-state index is 12.0. The highest BCUT2D eigenvalue weighted by atomic mass is 35.5. The average Bonchev–Trinajstić information content (AvgIpc) is 3.08. The summed E-state index contributed by atoms with van der Waals surface area (Å²) in [6, 6.07) is 0.997. The largest absolute Gasteiger partial charge is 0.300 e. The minimum Gasteiger partial charge on any atom is -0.258 e. The van der Waals surface area contributed by atoms with E-state index in [0.29, 0.717) is 23.8 Å². The Morgan fingerprint density at radius 1 is 1.63 bits per heavy atom. The summed E-state index contributed by atoms with van der Waals surface area (Å²) in [6.07, 6.45) is 2.28. The van der Waals surface area contributed by atoms with Crippen LogP contribution in [0.3, 0.4) is 0 Å². The number of nitrogens with one attached hydrogen (secondary N) is 1. The van der Waals surface area contributed by atoms with Crippen molar-refractivity contribution in [3.8, 4) is 0 Å². The molecule has 1 unspecified atom stereocenters. The highest BCUT2D eigenvalue weighted by molar-refractivity contribution is 7.91. The van der Waals surface area contributed by atoms with Crippen LogP contribution in [0.5, 0.6) is 0 Å². The van der Waals surface area contributed by atoms with Crippen LogP contribution in [-0.4, -0.2) is 19.9 Å². The molecule has 1 aromatic rings. The molecular weight excluding hydrogens is 312 g/mol. The van der Waals surface area contributed by atoms with Gasteiger partial charge in [-0.1, -0.05) is 18.5 Å². The van der Waals surface area contributed by atoms with Gasteiger partial charge >= 0.3 is 0 Å². The molecule has 0 spiro atoms. The van der Waals surface area contributed by atoms with E-state index >= 15 is 0 Å². The van der Waals surface area contributed by atoms with E-state index in [1.54, 1.807) is 0 Å². The number of thiophene rings is 1. The number of hydrogen-bond donors (Lipinski definition) is 1. The summed E-state index contributed by atoms with van der Waals surface area (Å²) in [5.74, 6) is 0.865. The first-order valence-electron chi connectivity index (χ1n) is 5.74. The predicted molar refractivity (Wildman–Crippen MR) is 73.1 cm³/mol. The molecule has 2 rings (SSSR count). The fraction of sp³-hybridized carbons (Fsp3) is 0.600. The molecule has 1 aromatic heterocycles. The highest BCUT2D eigenvalue weighted by Gasteiger charge is 2.30. The SMILES string of the molecule is CC(CNS(=O)(=O)c1cc([N+](=O)[O-])c(Cl)s1)C1CC1. The molecule has 1 N–H and O–H groups in total. The van der Waals surface area contributed by atoms with Gasteiger partial charge in [-0.2, -0.15) is 0 Å². The molecule has 1 aliphatic rings. The average molecular weight is 325 g/mol. The highest BCUT2D eigenvalue weighted by Crippen LogP contribution is 2.37. The van der Waals surface area contributed by atoms with Gasteiger partial charge in [-0.25, -0.2) is 13.1 Å². The molecule has 1 heterocycles. The van der Waals surface area contributed by atoms with E-state index in [0.717, 1.165) is 18.9 Å². The van der Waals surface area contributed by atoms with Crippen molar-refractivity contribution in [3.05, 3.63) is 20.5 Å². The van der Waals surface area contributed by atoms with Gasteiger partial charge in [-0.15, -0.1) is 11.3 Å². The maximum absolute atomic E-state index is 12.0. The second kappa shape index (κ2) is 5.35. The molecule has 1 saturated carbocycles. The summed E-state index contributed by atoms with van der Waals surface area (Å²) in [6.45, 7) is 2.33. The molecule has 1 fully saturated rings. The van der Waals surface area contributed by atoms with Crippen LogP contribution in [0, 0.1) is 22.0 Å². The van der Waals surface area contributed by atoms with Gasteiger partial charge in [0.05, 0.1) is 4.92 Å². The molecule has 1 aliphatic carbocycles. The Morgan fingerprint density at radius 3 is 2.74 bits per heavy atom. The molecule has 0 aliphatic heterocycles. The first-order valence-corrected chi connectivity index (χ1v) is 8.42. The summed E-state index contributed by atoms with van der Waals surface area (Å²) in [5.41, 5.74) is -0.373. The van der Waals surface area contributed by atoms with Crippen LogP contribution < -0.4 is 4.72 Å². The van der Waals surface area contributed by atoms with E-state index in [1.165, 1.54) is 0 Å². The Bertz CT molecular complexity index is 595. The molecule has 6 nitrogen and oxygen atoms in total. The summed E-state index contributed by atoms with van der Waals surface area (Å²) < 4.78 is 26.2. The van der Waals surface area contributed by atoms with Crippen LogP contribution in [-0.2, 0) is 10.0 Å². The zero-order valence-electron chi connectivity index (χ0n) is 10.1. The number of nitrogens with zero attached hydrogens (tertiary/aromatic N) is 1. The molecule has 0 bridgehead atoms. The standard InChI is InChI=1S/C10H13ClN2O4S2/c1-6(7-2-3-7)5-12-19(16,17)9-4-8(13(14)15)10(11)18-9/h4,6-7,12H,2-3,5H2,1H3. The van der Waals surface area contributed by atoms with Gasteiger partial charge in [0.25, 0.3) is 5.69 Å². The fourth-order valence-electron chi connectivity index (χ4n) is 1.74. The van der Waals surface area contributed by atoms with Gasteiger partial charge in [0.15, 0.2) is 4.34 Å². The van der Waals surface area contributed by atoms with Crippen molar-refractivity contribution in [1.29, 1.82) is 0 Å². The lowest BCUT2D eigenvalue weighted by Crippen LogP contribution is -2.28. The normalized spacial score (nSPS) is 17.4. The Labute approximate surface area is 120 Å². The summed E-state index contributed by atoms with van der Waals surface area (Å²) >= 11 is 6.35. The second-order valence-electron chi connectivity index (χ2n) is 4.65. The molecule has 1 atom stereocenters. The van der Waals surface area contributed by atoms with Crippen molar-refractivity contribution in [1.82, 2.24) is 4.72 Å².